The van der Waals surface area contributed by atoms with Gasteiger partial charge < -0.3 is 5.11 Å². The van der Waals surface area contributed by atoms with Gasteiger partial charge in [-0.2, -0.15) is 0 Å². The summed E-state index contributed by atoms with van der Waals surface area (Å²) < 4.78 is 0. The fourth-order valence-electron chi connectivity index (χ4n) is 3.65. The first-order valence-corrected chi connectivity index (χ1v) is 6.75. The normalized spacial score (nSPS) is 36.8. The van der Waals surface area contributed by atoms with Crippen molar-refractivity contribution in [2.45, 2.75) is 32.1 Å². The lowest BCUT2D eigenvalue weighted by Gasteiger charge is -2.32. The van der Waals surface area contributed by atoms with Gasteiger partial charge in [-0.05, 0) is 31.1 Å². The molecule has 0 spiro atoms. The molecule has 1 aromatic rings. The van der Waals surface area contributed by atoms with Crippen LogP contribution in [-0.2, 0) is 11.2 Å². The highest BCUT2D eigenvalue weighted by Crippen LogP contribution is 2.57. The number of thiazole rings is 1. The number of carbonyl (C=O) groups is 1. The van der Waals surface area contributed by atoms with Crippen LogP contribution >= 0.6 is 11.3 Å². The molecule has 2 aliphatic carbocycles. The number of carboxylic acids is 1. The Labute approximate surface area is 98.5 Å². The third-order valence-electron chi connectivity index (χ3n) is 4.38. The highest BCUT2D eigenvalue weighted by atomic mass is 32.1. The van der Waals surface area contributed by atoms with Crippen molar-refractivity contribution >= 4 is 17.3 Å². The predicted octanol–water partition coefficient (Wildman–Crippen LogP) is 2.58. The van der Waals surface area contributed by atoms with Gasteiger partial charge in [0.1, 0.15) is 0 Å². The largest absolute Gasteiger partial charge is 0.481 e. The second kappa shape index (κ2) is 3.55. The molecule has 2 aliphatic rings. The van der Waals surface area contributed by atoms with E-state index in [-0.39, 0.29) is 0 Å². The second-order valence-corrected chi connectivity index (χ2v) is 5.92. The van der Waals surface area contributed by atoms with Gasteiger partial charge in [0.05, 0.1) is 16.6 Å². The summed E-state index contributed by atoms with van der Waals surface area (Å²) in [5.41, 5.74) is 2.25. The fraction of sp³-hybridized carbons (Fsp3) is 0.667. The maximum absolute atomic E-state index is 11.6. The minimum absolute atomic E-state index is 0.386. The van der Waals surface area contributed by atoms with Gasteiger partial charge in [-0.25, -0.2) is 4.98 Å². The Balaban J connectivity index is 1.89. The van der Waals surface area contributed by atoms with Crippen LogP contribution in [0.5, 0.6) is 0 Å². The SMILES string of the molecule is O=C(O)C1(Cc2cscn2)CC2CCC1C2. The van der Waals surface area contributed by atoms with E-state index in [1.165, 1.54) is 6.42 Å². The minimum Gasteiger partial charge on any atom is -0.481 e. The molecule has 1 aromatic heterocycles. The number of aromatic nitrogens is 1. The summed E-state index contributed by atoms with van der Waals surface area (Å²) in [7, 11) is 0. The molecular formula is C12H15NO2S. The maximum Gasteiger partial charge on any atom is 0.310 e. The monoisotopic (exact) mass is 237 g/mol. The molecule has 86 valence electrons. The smallest absolute Gasteiger partial charge is 0.310 e. The molecule has 2 bridgehead atoms. The molecule has 4 heteroatoms. The Morgan fingerprint density at radius 2 is 2.50 bits per heavy atom. The van der Waals surface area contributed by atoms with Gasteiger partial charge >= 0.3 is 5.97 Å². The fourth-order valence-corrected chi connectivity index (χ4v) is 4.20. The minimum atomic E-state index is -0.604. The van der Waals surface area contributed by atoms with Crippen LogP contribution in [0.15, 0.2) is 10.9 Å². The van der Waals surface area contributed by atoms with Crippen molar-refractivity contribution in [1.29, 1.82) is 0 Å². The second-order valence-electron chi connectivity index (χ2n) is 5.20. The molecule has 0 radical (unpaired) electrons. The molecule has 0 aliphatic heterocycles. The topological polar surface area (TPSA) is 50.2 Å². The van der Waals surface area contributed by atoms with E-state index in [9.17, 15) is 9.90 Å². The average molecular weight is 237 g/mol. The predicted molar refractivity (Wildman–Crippen MR) is 61.3 cm³/mol. The summed E-state index contributed by atoms with van der Waals surface area (Å²) in [4.78, 5) is 15.9. The van der Waals surface area contributed by atoms with Gasteiger partial charge in [0.25, 0.3) is 0 Å². The van der Waals surface area contributed by atoms with Crippen LogP contribution in [0, 0.1) is 17.3 Å². The zero-order valence-corrected chi connectivity index (χ0v) is 9.87. The van der Waals surface area contributed by atoms with Gasteiger partial charge in [-0.15, -0.1) is 11.3 Å². The zero-order valence-electron chi connectivity index (χ0n) is 9.06. The van der Waals surface area contributed by atoms with E-state index in [0.717, 1.165) is 25.0 Å². The van der Waals surface area contributed by atoms with Crippen LogP contribution in [-0.4, -0.2) is 16.1 Å². The number of rotatable bonds is 3. The van der Waals surface area contributed by atoms with Crippen molar-refractivity contribution in [1.82, 2.24) is 4.98 Å². The molecule has 1 N–H and O–H groups in total. The highest BCUT2D eigenvalue weighted by molar-refractivity contribution is 7.07. The van der Waals surface area contributed by atoms with Crippen molar-refractivity contribution in [3.8, 4) is 0 Å². The van der Waals surface area contributed by atoms with E-state index in [1.54, 1.807) is 16.8 Å². The number of hydrogen-bond donors (Lipinski definition) is 1. The van der Waals surface area contributed by atoms with Crippen LogP contribution in [0.4, 0.5) is 0 Å². The van der Waals surface area contributed by atoms with Crippen LogP contribution in [0.1, 0.15) is 31.4 Å². The molecule has 3 unspecified atom stereocenters. The number of nitrogens with zero attached hydrogens (tertiary/aromatic N) is 1. The van der Waals surface area contributed by atoms with E-state index in [2.05, 4.69) is 4.98 Å². The summed E-state index contributed by atoms with van der Waals surface area (Å²) >= 11 is 1.55. The Morgan fingerprint density at radius 3 is 3.00 bits per heavy atom. The Morgan fingerprint density at radius 1 is 1.62 bits per heavy atom. The Hall–Kier alpha value is -0.900. The van der Waals surface area contributed by atoms with E-state index >= 15 is 0 Å². The summed E-state index contributed by atoms with van der Waals surface area (Å²) in [6.45, 7) is 0. The van der Waals surface area contributed by atoms with Crippen LogP contribution < -0.4 is 0 Å². The van der Waals surface area contributed by atoms with Gasteiger partial charge in [-0.3, -0.25) is 4.79 Å². The van der Waals surface area contributed by atoms with E-state index < -0.39 is 11.4 Å². The number of fused-ring (bicyclic) bond motifs is 2. The van der Waals surface area contributed by atoms with Crippen LogP contribution in [0.25, 0.3) is 0 Å². The molecule has 16 heavy (non-hydrogen) atoms. The van der Waals surface area contributed by atoms with Crippen LogP contribution in [0.2, 0.25) is 0 Å². The molecule has 3 atom stereocenters. The average Bonchev–Trinajstić information content (AvgIpc) is 2.92. The van der Waals surface area contributed by atoms with Crippen molar-refractivity contribution < 1.29 is 9.90 Å². The van der Waals surface area contributed by atoms with E-state index in [4.69, 9.17) is 0 Å². The summed E-state index contributed by atoms with van der Waals surface area (Å²) in [6, 6.07) is 0. The number of hydrogen-bond acceptors (Lipinski definition) is 3. The molecule has 3 rings (SSSR count). The van der Waals surface area contributed by atoms with Crippen molar-refractivity contribution in [3.05, 3.63) is 16.6 Å². The molecular weight excluding hydrogens is 222 g/mol. The van der Waals surface area contributed by atoms with Gasteiger partial charge in [-0.1, -0.05) is 6.42 Å². The first-order valence-electron chi connectivity index (χ1n) is 5.81. The van der Waals surface area contributed by atoms with Gasteiger partial charge in [0, 0.05) is 11.8 Å². The van der Waals surface area contributed by atoms with E-state index in [1.807, 2.05) is 5.38 Å². The number of aliphatic carboxylic acids is 1. The van der Waals surface area contributed by atoms with Crippen molar-refractivity contribution in [3.63, 3.8) is 0 Å². The quantitative estimate of drug-likeness (QED) is 0.879. The molecule has 3 nitrogen and oxygen atoms in total. The lowest BCUT2D eigenvalue weighted by Crippen LogP contribution is -2.38. The third-order valence-corrected chi connectivity index (χ3v) is 5.02. The molecule has 1 heterocycles. The van der Waals surface area contributed by atoms with Crippen LogP contribution in [0.3, 0.4) is 0 Å². The Bertz CT molecular complexity index is 403. The summed E-state index contributed by atoms with van der Waals surface area (Å²) in [6.07, 6.45) is 4.95. The lowest BCUT2D eigenvalue weighted by molar-refractivity contribution is -0.152. The van der Waals surface area contributed by atoms with E-state index in [0.29, 0.717) is 18.3 Å². The molecule has 2 saturated carbocycles. The first-order chi connectivity index (χ1) is 7.71. The third kappa shape index (κ3) is 1.39. The Kier molecular flexibility index (Phi) is 2.28. The number of carboxylic acid groups (broad SMARTS) is 1. The zero-order chi connectivity index (χ0) is 11.2. The maximum atomic E-state index is 11.6. The molecule has 0 saturated heterocycles. The lowest BCUT2D eigenvalue weighted by atomic mass is 9.70. The summed E-state index contributed by atoms with van der Waals surface area (Å²) in [5.74, 6) is 0.434. The first kappa shape index (κ1) is 10.3. The standard InChI is InChI=1S/C12H15NO2S/c14-11(15)12(5-10-6-16-7-13-10)4-8-1-2-9(12)3-8/h6-9H,1-5H2,(H,14,15). The van der Waals surface area contributed by atoms with Crippen molar-refractivity contribution in [2.24, 2.45) is 17.3 Å². The highest BCUT2D eigenvalue weighted by Gasteiger charge is 2.55. The van der Waals surface area contributed by atoms with Gasteiger partial charge in [0.2, 0.25) is 0 Å². The molecule has 2 fully saturated rings. The van der Waals surface area contributed by atoms with Crippen molar-refractivity contribution in [2.75, 3.05) is 0 Å². The molecule has 0 amide bonds. The van der Waals surface area contributed by atoms with Gasteiger partial charge in [0.15, 0.2) is 0 Å². The molecule has 0 aromatic carbocycles. The summed E-state index contributed by atoms with van der Waals surface area (Å²) in [5, 5.41) is 11.5.